The second-order valence-electron chi connectivity index (χ2n) is 6.41. The molecule has 0 aromatic rings. The van der Waals surface area contributed by atoms with Crippen LogP contribution in [0, 0.1) is 0 Å². The highest BCUT2D eigenvalue weighted by Crippen LogP contribution is 2.11. The largest absolute Gasteiger partial charge is 0.0988 e. The molecule has 134 valence electrons. The van der Waals surface area contributed by atoms with E-state index in [1.165, 1.54) is 81.8 Å². The van der Waals surface area contributed by atoms with E-state index in [0.717, 1.165) is 12.8 Å². The molecule has 0 bridgehead atoms. The minimum atomic E-state index is 1.13. The van der Waals surface area contributed by atoms with Crippen molar-refractivity contribution in [1.82, 2.24) is 0 Å². The lowest BCUT2D eigenvalue weighted by atomic mass is 10.1. The summed E-state index contributed by atoms with van der Waals surface area (Å²) in [5, 5.41) is 0. The molecule has 0 atom stereocenters. The average molecular weight is 319 g/mol. The zero-order valence-electron chi connectivity index (χ0n) is 16.2. The first-order valence-electron chi connectivity index (χ1n) is 9.72. The molecule has 0 fully saturated rings. The molecular weight excluding hydrogens is 276 g/mol. The molecule has 0 nitrogen and oxygen atoms in total. The van der Waals surface area contributed by atoms with Crippen LogP contribution in [-0.4, -0.2) is 0 Å². The van der Waals surface area contributed by atoms with Crippen LogP contribution in [0.5, 0.6) is 0 Å². The van der Waals surface area contributed by atoms with Crippen LogP contribution < -0.4 is 0 Å². The highest BCUT2D eigenvalue weighted by Gasteiger charge is 1.91. The fourth-order valence-electron chi connectivity index (χ4n) is 2.29. The fraction of sp³-hybridized carbons (Fsp3) is 0.652. The predicted octanol–water partition coefficient (Wildman–Crippen LogP) is 8.57. The molecule has 0 radical (unpaired) electrons. The Hall–Kier alpha value is -1.04. The Balaban J connectivity index is 0. The Bertz CT molecular complexity index is 295. The maximum atomic E-state index is 3.89. The van der Waals surface area contributed by atoms with Gasteiger partial charge in [0.1, 0.15) is 0 Å². The van der Waals surface area contributed by atoms with Gasteiger partial charge in [-0.15, -0.1) is 0 Å². The third kappa shape index (κ3) is 23.4. The van der Waals surface area contributed by atoms with Gasteiger partial charge in [0.05, 0.1) is 0 Å². The molecule has 0 heteroatoms. The maximum Gasteiger partial charge on any atom is -0.0285 e. The van der Waals surface area contributed by atoms with Gasteiger partial charge in [0.2, 0.25) is 0 Å². The lowest BCUT2D eigenvalue weighted by Crippen LogP contribution is -1.80. The van der Waals surface area contributed by atoms with E-state index in [4.69, 9.17) is 0 Å². The van der Waals surface area contributed by atoms with Crippen LogP contribution in [0.25, 0.3) is 0 Å². The predicted molar refractivity (Wildman–Crippen MR) is 110 cm³/mol. The summed E-state index contributed by atoms with van der Waals surface area (Å²) in [5.74, 6) is 0. The third-order valence-electron chi connectivity index (χ3n) is 4.03. The molecule has 23 heavy (non-hydrogen) atoms. The summed E-state index contributed by atoms with van der Waals surface area (Å²) in [5.41, 5.74) is 2.37. The Morgan fingerprint density at radius 1 is 0.565 bits per heavy atom. The molecule has 0 spiro atoms. The van der Waals surface area contributed by atoms with Crippen molar-refractivity contribution in [2.24, 2.45) is 0 Å². The zero-order chi connectivity index (χ0) is 17.8. The van der Waals surface area contributed by atoms with Gasteiger partial charge in [-0.05, 0) is 25.7 Å². The molecule has 0 N–H and O–H groups in total. The number of hydrogen-bond donors (Lipinski definition) is 0. The maximum absolute atomic E-state index is 3.89. The molecule has 0 aliphatic rings. The van der Waals surface area contributed by atoms with Crippen LogP contribution >= 0.6 is 0 Å². The van der Waals surface area contributed by atoms with E-state index < -0.39 is 0 Å². The van der Waals surface area contributed by atoms with Gasteiger partial charge in [0.15, 0.2) is 0 Å². The number of unbranched alkanes of at least 4 members (excludes halogenated alkanes) is 9. The van der Waals surface area contributed by atoms with Crippen LogP contribution in [0.15, 0.2) is 49.6 Å². The second-order valence-corrected chi connectivity index (χ2v) is 6.41. The Labute approximate surface area is 147 Å². The Kier molecular flexibility index (Phi) is 22.1. The first kappa shape index (κ1) is 24.2. The summed E-state index contributed by atoms with van der Waals surface area (Å²) in [7, 11) is 0. The first-order chi connectivity index (χ1) is 11.1. The molecule has 0 amide bonds. The van der Waals surface area contributed by atoms with Gasteiger partial charge in [-0.2, -0.15) is 0 Å². The van der Waals surface area contributed by atoms with Crippen molar-refractivity contribution >= 4 is 0 Å². The van der Waals surface area contributed by atoms with E-state index in [0.29, 0.717) is 0 Å². The van der Waals surface area contributed by atoms with Crippen LogP contribution in [-0.2, 0) is 0 Å². The minimum absolute atomic E-state index is 1.13. The molecular formula is C23H42. The zero-order valence-corrected chi connectivity index (χ0v) is 16.2. The summed E-state index contributed by atoms with van der Waals surface area (Å²) in [6.45, 7) is 19.6. The molecule has 0 rings (SSSR count). The topological polar surface area (TPSA) is 0 Å². The Morgan fingerprint density at radius 2 is 0.870 bits per heavy atom. The summed E-state index contributed by atoms with van der Waals surface area (Å²) in [6.07, 6.45) is 20.8. The first-order valence-corrected chi connectivity index (χ1v) is 9.72. The van der Waals surface area contributed by atoms with Crippen molar-refractivity contribution in [3.8, 4) is 0 Å². The van der Waals surface area contributed by atoms with Crippen LogP contribution in [0.1, 0.15) is 97.3 Å². The van der Waals surface area contributed by atoms with Crippen LogP contribution in [0.4, 0.5) is 0 Å². The molecule has 0 saturated heterocycles. The van der Waals surface area contributed by atoms with Crippen molar-refractivity contribution in [3.05, 3.63) is 49.6 Å². The SMILES string of the molecule is C=CC(=C)CCCCCCC.C=CC(=C)CCCCCCCC. The fourth-order valence-corrected chi connectivity index (χ4v) is 2.29. The molecule has 0 aromatic carbocycles. The van der Waals surface area contributed by atoms with Crippen LogP contribution in [0.3, 0.4) is 0 Å². The van der Waals surface area contributed by atoms with Gasteiger partial charge in [-0.25, -0.2) is 0 Å². The quantitative estimate of drug-likeness (QED) is 0.209. The van der Waals surface area contributed by atoms with E-state index in [1.807, 2.05) is 12.2 Å². The van der Waals surface area contributed by atoms with Gasteiger partial charge in [-0.3, -0.25) is 0 Å². The van der Waals surface area contributed by atoms with Crippen molar-refractivity contribution in [3.63, 3.8) is 0 Å². The normalized spacial score (nSPS) is 9.65. The standard InChI is InChI=1S/C12H22.C11H20/c1-4-6-7-8-9-10-11-12(3)5-2;1-4-6-7-8-9-10-11(3)5-2/h5H,2-4,6-11H2,1H3;5H,2-4,6-10H2,1H3. The lowest BCUT2D eigenvalue weighted by Gasteiger charge is -2.00. The van der Waals surface area contributed by atoms with E-state index >= 15 is 0 Å². The highest BCUT2D eigenvalue weighted by atomic mass is 14.0. The number of allylic oxidation sites excluding steroid dienone is 4. The molecule has 0 aliphatic heterocycles. The smallest absolute Gasteiger partial charge is 0.0285 e. The van der Waals surface area contributed by atoms with E-state index in [2.05, 4.69) is 40.2 Å². The number of rotatable bonds is 15. The van der Waals surface area contributed by atoms with Gasteiger partial charge < -0.3 is 0 Å². The summed E-state index contributed by atoms with van der Waals surface area (Å²) in [6, 6.07) is 0. The third-order valence-corrected chi connectivity index (χ3v) is 4.03. The van der Waals surface area contributed by atoms with Crippen molar-refractivity contribution in [2.45, 2.75) is 97.3 Å². The summed E-state index contributed by atoms with van der Waals surface area (Å²) >= 11 is 0. The van der Waals surface area contributed by atoms with E-state index in [9.17, 15) is 0 Å². The number of hydrogen-bond acceptors (Lipinski definition) is 0. The average Bonchev–Trinajstić information content (AvgIpc) is 2.57. The molecule has 0 unspecified atom stereocenters. The lowest BCUT2D eigenvalue weighted by molar-refractivity contribution is 0.608. The Morgan fingerprint density at radius 3 is 1.17 bits per heavy atom. The van der Waals surface area contributed by atoms with Gasteiger partial charge in [-0.1, -0.05) is 121 Å². The van der Waals surface area contributed by atoms with E-state index in [-0.39, 0.29) is 0 Å². The van der Waals surface area contributed by atoms with Crippen molar-refractivity contribution in [2.75, 3.05) is 0 Å². The van der Waals surface area contributed by atoms with Crippen molar-refractivity contribution < 1.29 is 0 Å². The highest BCUT2D eigenvalue weighted by molar-refractivity contribution is 5.10. The second kappa shape index (κ2) is 21.0. The monoisotopic (exact) mass is 318 g/mol. The van der Waals surface area contributed by atoms with Crippen LogP contribution in [0.2, 0.25) is 0 Å². The summed E-state index contributed by atoms with van der Waals surface area (Å²) in [4.78, 5) is 0. The summed E-state index contributed by atoms with van der Waals surface area (Å²) < 4.78 is 0. The minimum Gasteiger partial charge on any atom is -0.0988 e. The van der Waals surface area contributed by atoms with Gasteiger partial charge >= 0.3 is 0 Å². The van der Waals surface area contributed by atoms with Gasteiger partial charge in [0, 0.05) is 0 Å². The molecule has 0 saturated carbocycles. The molecule has 0 aromatic heterocycles. The van der Waals surface area contributed by atoms with Gasteiger partial charge in [0.25, 0.3) is 0 Å². The van der Waals surface area contributed by atoms with Crippen molar-refractivity contribution in [1.29, 1.82) is 0 Å². The molecule has 0 aliphatic carbocycles. The molecule has 0 heterocycles. The van der Waals surface area contributed by atoms with E-state index in [1.54, 1.807) is 0 Å².